The summed E-state index contributed by atoms with van der Waals surface area (Å²) in [5.41, 5.74) is 0. The van der Waals surface area contributed by atoms with Crippen LogP contribution in [0.4, 0.5) is 0 Å². The summed E-state index contributed by atoms with van der Waals surface area (Å²) in [7, 11) is 0. The van der Waals surface area contributed by atoms with Crippen LogP contribution in [-0.2, 0) is 4.79 Å². The molecule has 0 unspecified atom stereocenters. The molecule has 0 bridgehead atoms. The maximum atomic E-state index is 10.8. The fourth-order valence-corrected chi connectivity index (χ4v) is 2.62. The Bertz CT molecular complexity index is 245. The molecular weight excluding hydrogens is 214 g/mol. The van der Waals surface area contributed by atoms with Crippen molar-refractivity contribution >= 4 is 5.91 Å². The molecule has 2 saturated heterocycles. The summed E-state index contributed by atoms with van der Waals surface area (Å²) in [6, 6.07) is 0. The zero-order chi connectivity index (χ0) is 12.1. The van der Waals surface area contributed by atoms with Gasteiger partial charge in [0.1, 0.15) is 0 Å². The van der Waals surface area contributed by atoms with E-state index in [4.69, 9.17) is 0 Å². The Morgan fingerprint density at radius 1 is 1.29 bits per heavy atom. The molecule has 0 atom stereocenters. The summed E-state index contributed by atoms with van der Waals surface area (Å²) < 4.78 is 0. The molecule has 0 aromatic carbocycles. The van der Waals surface area contributed by atoms with Crippen LogP contribution in [0.15, 0.2) is 0 Å². The van der Waals surface area contributed by atoms with Crippen LogP contribution in [0.5, 0.6) is 0 Å². The third-order valence-electron chi connectivity index (χ3n) is 4.07. The third-order valence-corrected chi connectivity index (χ3v) is 4.07. The second-order valence-electron chi connectivity index (χ2n) is 5.54. The van der Waals surface area contributed by atoms with Gasteiger partial charge in [-0.2, -0.15) is 0 Å². The minimum atomic E-state index is 0.102. The van der Waals surface area contributed by atoms with Crippen LogP contribution >= 0.6 is 0 Å². The number of nitrogens with one attached hydrogen (secondary N) is 2. The van der Waals surface area contributed by atoms with Crippen LogP contribution in [0.1, 0.15) is 26.2 Å². The SMILES string of the molecule is CC(=O)NCC1CCN(CCC2CNC2)CC1. The first kappa shape index (κ1) is 12.8. The lowest BCUT2D eigenvalue weighted by Crippen LogP contribution is -2.45. The Hall–Kier alpha value is -0.610. The fourth-order valence-electron chi connectivity index (χ4n) is 2.62. The molecule has 0 aromatic heterocycles. The normalized spacial score (nSPS) is 23.4. The van der Waals surface area contributed by atoms with Gasteiger partial charge in [0.25, 0.3) is 0 Å². The number of carbonyl (C=O) groups excluding carboxylic acids is 1. The van der Waals surface area contributed by atoms with Gasteiger partial charge < -0.3 is 15.5 Å². The topological polar surface area (TPSA) is 44.4 Å². The van der Waals surface area contributed by atoms with Gasteiger partial charge in [-0.3, -0.25) is 4.79 Å². The van der Waals surface area contributed by atoms with E-state index in [2.05, 4.69) is 15.5 Å². The van der Waals surface area contributed by atoms with Crippen molar-refractivity contribution in [2.24, 2.45) is 11.8 Å². The lowest BCUT2D eigenvalue weighted by atomic mass is 9.95. The number of carbonyl (C=O) groups is 1. The summed E-state index contributed by atoms with van der Waals surface area (Å²) in [5, 5.41) is 6.26. The van der Waals surface area contributed by atoms with E-state index in [1.165, 1.54) is 52.0 Å². The second kappa shape index (κ2) is 6.36. The van der Waals surface area contributed by atoms with Gasteiger partial charge in [-0.25, -0.2) is 0 Å². The first-order valence-electron chi connectivity index (χ1n) is 6.91. The molecule has 2 fully saturated rings. The van der Waals surface area contributed by atoms with Crippen LogP contribution < -0.4 is 10.6 Å². The molecular formula is C13H25N3O. The first-order chi connectivity index (χ1) is 8.24. The molecule has 0 aromatic rings. The summed E-state index contributed by atoms with van der Waals surface area (Å²) in [6.07, 6.45) is 3.83. The maximum Gasteiger partial charge on any atom is 0.216 e. The van der Waals surface area contributed by atoms with E-state index in [1.807, 2.05) is 0 Å². The highest BCUT2D eigenvalue weighted by molar-refractivity contribution is 5.72. The molecule has 98 valence electrons. The Morgan fingerprint density at radius 3 is 2.53 bits per heavy atom. The summed E-state index contributed by atoms with van der Waals surface area (Å²) in [5.74, 6) is 1.72. The van der Waals surface area contributed by atoms with E-state index in [1.54, 1.807) is 6.92 Å². The second-order valence-corrected chi connectivity index (χ2v) is 5.54. The number of hydrogen-bond acceptors (Lipinski definition) is 3. The number of piperidine rings is 1. The van der Waals surface area contributed by atoms with Crippen molar-refractivity contribution in [3.63, 3.8) is 0 Å². The lowest BCUT2D eigenvalue weighted by Gasteiger charge is -2.34. The van der Waals surface area contributed by atoms with Gasteiger partial charge in [0.05, 0.1) is 0 Å². The molecule has 4 heteroatoms. The van der Waals surface area contributed by atoms with Crippen LogP contribution in [0.3, 0.4) is 0 Å². The minimum Gasteiger partial charge on any atom is -0.356 e. The first-order valence-corrected chi connectivity index (χ1v) is 6.91. The van der Waals surface area contributed by atoms with Gasteiger partial charge in [0, 0.05) is 13.5 Å². The molecule has 0 aliphatic carbocycles. The minimum absolute atomic E-state index is 0.102. The Labute approximate surface area is 104 Å². The van der Waals surface area contributed by atoms with E-state index < -0.39 is 0 Å². The van der Waals surface area contributed by atoms with E-state index in [0.717, 1.165) is 12.5 Å². The molecule has 2 N–H and O–H groups in total. The molecule has 4 nitrogen and oxygen atoms in total. The van der Waals surface area contributed by atoms with Crippen molar-refractivity contribution < 1.29 is 4.79 Å². The molecule has 2 rings (SSSR count). The molecule has 0 radical (unpaired) electrons. The van der Waals surface area contributed by atoms with Gasteiger partial charge in [0.15, 0.2) is 0 Å². The van der Waals surface area contributed by atoms with Gasteiger partial charge >= 0.3 is 0 Å². The number of nitrogens with zero attached hydrogens (tertiary/aromatic N) is 1. The van der Waals surface area contributed by atoms with Gasteiger partial charge in [-0.15, -0.1) is 0 Å². The summed E-state index contributed by atoms with van der Waals surface area (Å²) >= 11 is 0. The highest BCUT2D eigenvalue weighted by atomic mass is 16.1. The Morgan fingerprint density at radius 2 is 2.00 bits per heavy atom. The van der Waals surface area contributed by atoms with E-state index in [-0.39, 0.29) is 5.91 Å². The smallest absolute Gasteiger partial charge is 0.216 e. The lowest BCUT2D eigenvalue weighted by molar-refractivity contribution is -0.119. The van der Waals surface area contributed by atoms with Gasteiger partial charge in [-0.1, -0.05) is 0 Å². The molecule has 2 heterocycles. The van der Waals surface area contributed by atoms with Crippen LogP contribution in [0, 0.1) is 11.8 Å². The average Bonchev–Trinajstić information content (AvgIpc) is 2.26. The summed E-state index contributed by atoms with van der Waals surface area (Å²) in [4.78, 5) is 13.4. The zero-order valence-electron chi connectivity index (χ0n) is 10.9. The van der Waals surface area contributed by atoms with Gasteiger partial charge in [-0.05, 0) is 63.8 Å². The van der Waals surface area contributed by atoms with Gasteiger partial charge in [0.2, 0.25) is 5.91 Å². The van der Waals surface area contributed by atoms with Crippen LogP contribution in [0.2, 0.25) is 0 Å². The number of hydrogen-bond donors (Lipinski definition) is 2. The number of rotatable bonds is 5. The summed E-state index contributed by atoms with van der Waals surface area (Å²) in [6.45, 7) is 8.60. The maximum absolute atomic E-state index is 10.8. The van der Waals surface area contributed by atoms with E-state index in [9.17, 15) is 4.79 Å². The van der Waals surface area contributed by atoms with Crippen LogP contribution in [-0.4, -0.2) is 50.1 Å². The Kier molecular flexibility index (Phi) is 4.80. The van der Waals surface area contributed by atoms with E-state index in [0.29, 0.717) is 5.92 Å². The predicted octanol–water partition coefficient (Wildman–Crippen LogP) is 0.444. The van der Waals surface area contributed by atoms with Crippen molar-refractivity contribution in [1.82, 2.24) is 15.5 Å². The number of likely N-dealkylation sites (tertiary alicyclic amines) is 1. The van der Waals surface area contributed by atoms with E-state index >= 15 is 0 Å². The number of amides is 1. The largest absolute Gasteiger partial charge is 0.356 e. The quantitative estimate of drug-likeness (QED) is 0.732. The Balaban J connectivity index is 1.55. The zero-order valence-corrected chi connectivity index (χ0v) is 10.9. The van der Waals surface area contributed by atoms with Crippen molar-refractivity contribution in [2.75, 3.05) is 39.3 Å². The molecule has 0 saturated carbocycles. The van der Waals surface area contributed by atoms with Crippen molar-refractivity contribution in [1.29, 1.82) is 0 Å². The molecule has 0 spiro atoms. The highest BCUT2D eigenvalue weighted by Crippen LogP contribution is 2.18. The third kappa shape index (κ3) is 4.28. The van der Waals surface area contributed by atoms with Crippen molar-refractivity contribution in [3.8, 4) is 0 Å². The van der Waals surface area contributed by atoms with Crippen LogP contribution in [0.25, 0.3) is 0 Å². The highest BCUT2D eigenvalue weighted by Gasteiger charge is 2.21. The predicted molar refractivity (Wildman–Crippen MR) is 68.8 cm³/mol. The fraction of sp³-hybridized carbons (Fsp3) is 0.923. The molecule has 17 heavy (non-hydrogen) atoms. The van der Waals surface area contributed by atoms with Crippen molar-refractivity contribution in [2.45, 2.75) is 26.2 Å². The standard InChI is InChI=1S/C13H25N3O/c1-11(17)15-10-12-2-5-16(6-3-12)7-4-13-8-14-9-13/h12-14H,2-10H2,1H3,(H,15,17). The molecule has 2 aliphatic rings. The van der Waals surface area contributed by atoms with Crippen molar-refractivity contribution in [3.05, 3.63) is 0 Å². The molecule has 2 aliphatic heterocycles. The molecule has 1 amide bonds. The monoisotopic (exact) mass is 239 g/mol. The average molecular weight is 239 g/mol.